The molecule has 5 aromatic rings. The molecule has 0 unspecified atom stereocenters. The molecule has 3 aromatic carbocycles. The number of ether oxygens (including phenoxy) is 2. The second kappa shape index (κ2) is 15.1. The molecule has 0 aliphatic rings. The second-order valence-corrected chi connectivity index (χ2v) is 13.2. The van der Waals surface area contributed by atoms with Crippen LogP contribution in [0.3, 0.4) is 0 Å². The lowest BCUT2D eigenvalue weighted by Crippen LogP contribution is -2.21. The molecule has 244 valence electrons. The van der Waals surface area contributed by atoms with Gasteiger partial charge < -0.3 is 20.1 Å². The zero-order valence-corrected chi connectivity index (χ0v) is 28.1. The first-order valence-corrected chi connectivity index (χ1v) is 16.5. The Balaban J connectivity index is 1.28. The lowest BCUT2D eigenvalue weighted by molar-refractivity contribution is -0.113. The van der Waals surface area contributed by atoms with Crippen molar-refractivity contribution < 1.29 is 19.1 Å². The number of carbonyl (C=O) groups is 2. The first kappa shape index (κ1) is 33.5. The zero-order chi connectivity index (χ0) is 33.4. The number of anilines is 3. The summed E-state index contributed by atoms with van der Waals surface area (Å²) in [6.07, 6.45) is 1.64. The molecule has 3 amide bonds. The number of nitrogens with zero attached hydrogens (tertiary/aromatic N) is 3. The normalized spacial score (nSPS) is 11.3. The summed E-state index contributed by atoms with van der Waals surface area (Å²) in [5.41, 5.74) is 4.15. The molecule has 0 fully saturated rings. The van der Waals surface area contributed by atoms with Gasteiger partial charge in [-0.05, 0) is 48.9 Å². The van der Waals surface area contributed by atoms with Crippen molar-refractivity contribution >= 4 is 51.8 Å². The van der Waals surface area contributed by atoms with Crippen molar-refractivity contribution in [2.24, 2.45) is 0 Å². The number of hydrogen-bond donors (Lipinski definition) is 3. The van der Waals surface area contributed by atoms with E-state index in [1.165, 1.54) is 11.8 Å². The fourth-order valence-electron chi connectivity index (χ4n) is 4.78. The molecule has 2 heterocycles. The van der Waals surface area contributed by atoms with Gasteiger partial charge in [-0.25, -0.2) is 14.5 Å². The van der Waals surface area contributed by atoms with Crippen molar-refractivity contribution in [2.75, 3.05) is 41.2 Å². The molecular formula is C36H40N6O4S. The number of urea groups is 1. The molecule has 10 nitrogen and oxygen atoms in total. The maximum Gasteiger partial charge on any atom is 0.324 e. The Morgan fingerprint density at radius 1 is 0.915 bits per heavy atom. The number of thioether (sulfide) groups is 1. The van der Waals surface area contributed by atoms with Gasteiger partial charge in [-0.3, -0.25) is 10.1 Å². The van der Waals surface area contributed by atoms with Crippen LogP contribution in [0.25, 0.3) is 16.5 Å². The fraction of sp³-hybridized carbons (Fsp3) is 0.278. The number of pyridine rings is 1. The largest absolute Gasteiger partial charge is 0.488 e. The van der Waals surface area contributed by atoms with Crippen LogP contribution in [0.2, 0.25) is 0 Å². The summed E-state index contributed by atoms with van der Waals surface area (Å²) in [4.78, 5) is 29.9. The number of nitrogens with one attached hydrogen (secondary N) is 3. The predicted molar refractivity (Wildman–Crippen MR) is 190 cm³/mol. The Kier molecular flexibility index (Phi) is 10.8. The number of methoxy groups -OCH3 is 1. The number of hydrogen-bond acceptors (Lipinski definition) is 7. The topological polar surface area (TPSA) is 119 Å². The SMILES string of the molecule is COCCSCC(=O)Nc1cc(COc2ccc(NC(=O)Nc3cc(C(C)(C)C)nn3-c3ccc(C)cc3)c3ccccc23)ccn1. The van der Waals surface area contributed by atoms with Gasteiger partial charge in [0, 0.05) is 41.3 Å². The van der Waals surface area contributed by atoms with E-state index in [0.29, 0.717) is 35.4 Å². The maximum atomic E-state index is 13.4. The minimum absolute atomic E-state index is 0.121. The van der Waals surface area contributed by atoms with Gasteiger partial charge in [-0.1, -0.05) is 62.7 Å². The number of aromatic nitrogens is 3. The lowest BCUT2D eigenvalue weighted by atomic mass is 9.92. The number of aryl methyl sites for hydroxylation is 1. The number of amides is 3. The molecule has 0 radical (unpaired) electrons. The average molecular weight is 653 g/mol. The third-order valence-electron chi connectivity index (χ3n) is 7.28. The van der Waals surface area contributed by atoms with Gasteiger partial charge in [0.05, 0.1) is 29.4 Å². The standard InChI is InChI=1S/C36H40N6O4S/c1-24-10-12-26(13-11-24)42-33(21-31(41-42)36(2,3)4)40-35(44)38-29-14-15-30(28-9-7-6-8-27(28)29)46-22-25-16-17-37-32(20-25)39-34(43)23-47-19-18-45-5/h6-17,20-21H,18-19,22-23H2,1-5H3,(H,37,39,43)(H2,38,40,44). The Morgan fingerprint density at radius 2 is 1.68 bits per heavy atom. The maximum absolute atomic E-state index is 13.4. The van der Waals surface area contributed by atoms with E-state index in [9.17, 15) is 9.59 Å². The van der Waals surface area contributed by atoms with Gasteiger partial charge in [0.15, 0.2) is 0 Å². The van der Waals surface area contributed by atoms with Crippen LogP contribution in [0.1, 0.15) is 37.6 Å². The molecule has 0 aliphatic carbocycles. The monoisotopic (exact) mass is 652 g/mol. The van der Waals surface area contributed by atoms with E-state index < -0.39 is 0 Å². The Labute approximate surface area is 279 Å². The lowest BCUT2D eigenvalue weighted by Gasteiger charge is -2.15. The third kappa shape index (κ3) is 8.90. The predicted octanol–water partition coefficient (Wildman–Crippen LogP) is 7.57. The van der Waals surface area contributed by atoms with Crippen LogP contribution in [0.15, 0.2) is 85.1 Å². The molecule has 0 bridgehead atoms. The van der Waals surface area contributed by atoms with E-state index in [2.05, 4.69) is 41.7 Å². The molecule has 3 N–H and O–H groups in total. The van der Waals surface area contributed by atoms with Gasteiger partial charge in [-0.2, -0.15) is 5.10 Å². The minimum atomic E-state index is -0.388. The molecule has 47 heavy (non-hydrogen) atoms. The summed E-state index contributed by atoms with van der Waals surface area (Å²) in [6.45, 7) is 9.17. The van der Waals surface area contributed by atoms with Crippen LogP contribution in [0.4, 0.5) is 22.1 Å². The van der Waals surface area contributed by atoms with Crippen molar-refractivity contribution in [3.05, 3.63) is 102 Å². The molecule has 11 heteroatoms. The molecule has 0 saturated carbocycles. The quantitative estimate of drug-likeness (QED) is 0.119. The van der Waals surface area contributed by atoms with Gasteiger partial charge in [0.25, 0.3) is 0 Å². The third-order valence-corrected chi connectivity index (χ3v) is 8.20. The summed E-state index contributed by atoms with van der Waals surface area (Å²) in [5.74, 6) is 2.65. The van der Waals surface area contributed by atoms with Crippen molar-refractivity contribution in [1.82, 2.24) is 14.8 Å². The van der Waals surface area contributed by atoms with Gasteiger partial charge in [-0.15, -0.1) is 11.8 Å². The molecule has 0 aliphatic heterocycles. The Bertz CT molecular complexity index is 1850. The second-order valence-electron chi connectivity index (χ2n) is 12.1. The summed E-state index contributed by atoms with van der Waals surface area (Å²) in [6, 6.07) is 24.6. The number of benzene rings is 3. The van der Waals surface area contributed by atoms with Crippen LogP contribution < -0.4 is 20.7 Å². The van der Waals surface area contributed by atoms with Gasteiger partial charge >= 0.3 is 6.03 Å². The summed E-state index contributed by atoms with van der Waals surface area (Å²) >= 11 is 1.50. The average Bonchev–Trinajstić information content (AvgIpc) is 3.47. The summed E-state index contributed by atoms with van der Waals surface area (Å²) in [7, 11) is 1.64. The Hall–Kier alpha value is -4.87. The number of fused-ring (bicyclic) bond motifs is 1. The van der Waals surface area contributed by atoms with Crippen LogP contribution in [-0.2, 0) is 21.6 Å². The molecule has 0 spiro atoms. The highest BCUT2D eigenvalue weighted by Gasteiger charge is 2.22. The molecule has 0 atom stereocenters. The van der Waals surface area contributed by atoms with E-state index >= 15 is 0 Å². The highest BCUT2D eigenvalue weighted by atomic mass is 32.2. The van der Waals surface area contributed by atoms with Crippen LogP contribution in [0.5, 0.6) is 5.75 Å². The smallest absolute Gasteiger partial charge is 0.324 e. The van der Waals surface area contributed by atoms with Crippen LogP contribution in [-0.4, -0.2) is 51.9 Å². The van der Waals surface area contributed by atoms with E-state index in [4.69, 9.17) is 14.6 Å². The van der Waals surface area contributed by atoms with Gasteiger partial charge in [0.1, 0.15) is 24.0 Å². The van der Waals surface area contributed by atoms with Crippen molar-refractivity contribution in [3.8, 4) is 11.4 Å². The molecule has 5 rings (SSSR count). The first-order chi connectivity index (χ1) is 22.6. The Morgan fingerprint density at radius 3 is 2.43 bits per heavy atom. The van der Waals surface area contributed by atoms with E-state index in [1.54, 1.807) is 24.1 Å². The molecule has 2 aromatic heterocycles. The molecular weight excluding hydrogens is 613 g/mol. The van der Waals surface area contributed by atoms with Gasteiger partial charge in [0.2, 0.25) is 5.91 Å². The van der Waals surface area contributed by atoms with E-state index in [-0.39, 0.29) is 24.0 Å². The zero-order valence-electron chi connectivity index (χ0n) is 27.3. The number of carbonyl (C=O) groups excluding carboxylic acids is 2. The highest BCUT2D eigenvalue weighted by Crippen LogP contribution is 2.33. The van der Waals surface area contributed by atoms with Crippen molar-refractivity contribution in [2.45, 2.75) is 39.7 Å². The van der Waals surface area contributed by atoms with E-state index in [0.717, 1.165) is 39.0 Å². The summed E-state index contributed by atoms with van der Waals surface area (Å²) in [5, 5.41) is 15.3. The number of rotatable bonds is 12. The van der Waals surface area contributed by atoms with E-state index in [1.807, 2.05) is 79.7 Å². The van der Waals surface area contributed by atoms with Crippen molar-refractivity contribution in [1.29, 1.82) is 0 Å². The first-order valence-electron chi connectivity index (χ1n) is 15.3. The van der Waals surface area contributed by atoms with Crippen LogP contribution in [0, 0.1) is 6.92 Å². The molecule has 0 saturated heterocycles. The minimum Gasteiger partial charge on any atom is -0.488 e. The summed E-state index contributed by atoms with van der Waals surface area (Å²) < 4.78 is 13.0. The van der Waals surface area contributed by atoms with Crippen LogP contribution >= 0.6 is 11.8 Å². The highest BCUT2D eigenvalue weighted by molar-refractivity contribution is 7.99. The fourth-order valence-corrected chi connectivity index (χ4v) is 5.46. The van der Waals surface area contributed by atoms with Crippen molar-refractivity contribution in [3.63, 3.8) is 0 Å².